The molecule has 0 aliphatic rings. The highest BCUT2D eigenvalue weighted by Gasteiger charge is 2.30. The standard InChI is InChI=1S/C15H32S/c1-8-9-15(5,6)14(10-12(2)3)11-13(4)16-7/h12-14H,8-11H2,1-7H3. The first kappa shape index (κ1) is 16.4. The van der Waals surface area contributed by atoms with Gasteiger partial charge in [-0.05, 0) is 42.8 Å². The van der Waals surface area contributed by atoms with E-state index < -0.39 is 0 Å². The number of hydrogen-bond donors (Lipinski definition) is 0. The van der Waals surface area contributed by atoms with E-state index in [0.29, 0.717) is 5.41 Å². The fourth-order valence-corrected chi connectivity index (χ4v) is 3.07. The monoisotopic (exact) mass is 244 g/mol. The molecule has 0 amide bonds. The first-order valence-corrected chi connectivity index (χ1v) is 8.15. The third kappa shape index (κ3) is 6.18. The molecule has 0 radical (unpaired) electrons. The lowest BCUT2D eigenvalue weighted by molar-refractivity contribution is 0.155. The van der Waals surface area contributed by atoms with Gasteiger partial charge in [-0.1, -0.05) is 48.0 Å². The minimum absolute atomic E-state index is 0.517. The van der Waals surface area contributed by atoms with E-state index in [4.69, 9.17) is 0 Å². The van der Waals surface area contributed by atoms with Gasteiger partial charge < -0.3 is 0 Å². The van der Waals surface area contributed by atoms with E-state index in [1.165, 1.54) is 25.7 Å². The summed E-state index contributed by atoms with van der Waals surface area (Å²) in [6.45, 7) is 14.3. The molecule has 0 aliphatic carbocycles. The Hall–Kier alpha value is 0.350. The van der Waals surface area contributed by atoms with E-state index in [9.17, 15) is 0 Å². The molecule has 0 saturated carbocycles. The second kappa shape index (κ2) is 7.63. The van der Waals surface area contributed by atoms with Gasteiger partial charge in [0.25, 0.3) is 0 Å². The van der Waals surface area contributed by atoms with Crippen molar-refractivity contribution in [3.63, 3.8) is 0 Å². The molecular formula is C15H32S. The summed E-state index contributed by atoms with van der Waals surface area (Å²) in [6.07, 6.45) is 7.69. The third-order valence-corrected chi connectivity index (χ3v) is 4.77. The summed E-state index contributed by atoms with van der Waals surface area (Å²) in [5.41, 5.74) is 0.517. The molecule has 0 fully saturated rings. The number of hydrogen-bond acceptors (Lipinski definition) is 1. The van der Waals surface area contributed by atoms with Gasteiger partial charge in [0.1, 0.15) is 0 Å². The summed E-state index contributed by atoms with van der Waals surface area (Å²) < 4.78 is 0. The van der Waals surface area contributed by atoms with Crippen molar-refractivity contribution >= 4 is 11.8 Å². The largest absolute Gasteiger partial charge is 0.162 e. The van der Waals surface area contributed by atoms with Crippen molar-refractivity contribution in [2.24, 2.45) is 17.3 Å². The van der Waals surface area contributed by atoms with Crippen LogP contribution in [0.1, 0.15) is 67.2 Å². The SMILES string of the molecule is CCCC(C)(C)C(CC(C)C)CC(C)SC. The van der Waals surface area contributed by atoms with Crippen molar-refractivity contribution in [3.8, 4) is 0 Å². The zero-order valence-electron chi connectivity index (χ0n) is 12.5. The molecular weight excluding hydrogens is 212 g/mol. The summed E-state index contributed by atoms with van der Waals surface area (Å²) in [7, 11) is 0. The molecule has 0 heterocycles. The van der Waals surface area contributed by atoms with E-state index in [-0.39, 0.29) is 0 Å². The fourth-order valence-electron chi connectivity index (χ4n) is 2.65. The summed E-state index contributed by atoms with van der Waals surface area (Å²) in [4.78, 5) is 0. The van der Waals surface area contributed by atoms with Crippen LogP contribution in [0.4, 0.5) is 0 Å². The lowest BCUT2D eigenvalue weighted by Gasteiger charge is -2.37. The Bertz CT molecular complexity index is 172. The van der Waals surface area contributed by atoms with Crippen LogP contribution in [0.2, 0.25) is 0 Å². The first-order valence-electron chi connectivity index (χ1n) is 6.86. The van der Waals surface area contributed by atoms with Crippen LogP contribution in [0.15, 0.2) is 0 Å². The zero-order chi connectivity index (χ0) is 12.8. The Morgan fingerprint density at radius 1 is 1.06 bits per heavy atom. The molecule has 0 N–H and O–H groups in total. The number of rotatable bonds is 8. The smallest absolute Gasteiger partial charge is 0.00187 e. The molecule has 0 aromatic carbocycles. The predicted octanol–water partition coefficient (Wildman–Crippen LogP) is 5.62. The Kier molecular flexibility index (Phi) is 7.80. The molecule has 0 bridgehead atoms. The summed E-state index contributed by atoms with van der Waals surface area (Å²) >= 11 is 2.01. The van der Waals surface area contributed by atoms with Crippen molar-refractivity contribution in [1.29, 1.82) is 0 Å². The van der Waals surface area contributed by atoms with Crippen molar-refractivity contribution in [3.05, 3.63) is 0 Å². The van der Waals surface area contributed by atoms with Gasteiger partial charge in [-0.15, -0.1) is 0 Å². The molecule has 0 rings (SSSR count). The second-order valence-electron chi connectivity index (χ2n) is 6.35. The molecule has 0 spiro atoms. The van der Waals surface area contributed by atoms with Crippen molar-refractivity contribution in [2.45, 2.75) is 72.5 Å². The predicted molar refractivity (Wildman–Crippen MR) is 79.2 cm³/mol. The summed E-state index contributed by atoms with van der Waals surface area (Å²) in [5.74, 6) is 1.71. The van der Waals surface area contributed by atoms with Crippen LogP contribution in [0, 0.1) is 17.3 Å². The van der Waals surface area contributed by atoms with Crippen molar-refractivity contribution < 1.29 is 0 Å². The van der Waals surface area contributed by atoms with Gasteiger partial charge in [0.05, 0.1) is 0 Å². The average Bonchev–Trinajstić information content (AvgIpc) is 2.15. The second-order valence-corrected chi connectivity index (χ2v) is 7.62. The van der Waals surface area contributed by atoms with Crippen LogP contribution < -0.4 is 0 Å². The molecule has 98 valence electrons. The van der Waals surface area contributed by atoms with Gasteiger partial charge in [-0.3, -0.25) is 0 Å². The fraction of sp³-hybridized carbons (Fsp3) is 1.00. The highest BCUT2D eigenvalue weighted by Crippen LogP contribution is 2.40. The first-order chi connectivity index (χ1) is 7.33. The Labute approximate surface area is 108 Å². The molecule has 2 unspecified atom stereocenters. The average molecular weight is 244 g/mol. The van der Waals surface area contributed by atoms with E-state index in [0.717, 1.165) is 17.1 Å². The van der Waals surface area contributed by atoms with Crippen molar-refractivity contribution in [2.75, 3.05) is 6.26 Å². The molecule has 0 aliphatic heterocycles. The van der Waals surface area contributed by atoms with Crippen molar-refractivity contribution in [1.82, 2.24) is 0 Å². The molecule has 0 aromatic rings. The van der Waals surface area contributed by atoms with E-state index in [2.05, 4.69) is 47.8 Å². The van der Waals surface area contributed by atoms with Gasteiger partial charge in [0, 0.05) is 5.25 Å². The minimum atomic E-state index is 0.517. The lowest BCUT2D eigenvalue weighted by atomic mass is 9.70. The van der Waals surface area contributed by atoms with Crippen LogP contribution in [-0.2, 0) is 0 Å². The van der Waals surface area contributed by atoms with Gasteiger partial charge in [-0.2, -0.15) is 11.8 Å². The highest BCUT2D eigenvalue weighted by molar-refractivity contribution is 7.99. The molecule has 1 heteroatoms. The van der Waals surface area contributed by atoms with E-state index in [1.54, 1.807) is 0 Å². The lowest BCUT2D eigenvalue weighted by Crippen LogP contribution is -2.27. The van der Waals surface area contributed by atoms with Gasteiger partial charge in [0.15, 0.2) is 0 Å². The van der Waals surface area contributed by atoms with Crippen LogP contribution in [0.3, 0.4) is 0 Å². The Balaban J connectivity index is 4.51. The normalized spacial score (nSPS) is 16.5. The topological polar surface area (TPSA) is 0 Å². The highest BCUT2D eigenvalue weighted by atomic mass is 32.2. The van der Waals surface area contributed by atoms with Crippen LogP contribution in [-0.4, -0.2) is 11.5 Å². The maximum Gasteiger partial charge on any atom is 0.00187 e. The van der Waals surface area contributed by atoms with E-state index in [1.807, 2.05) is 11.8 Å². The molecule has 0 saturated heterocycles. The summed E-state index contributed by atoms with van der Waals surface area (Å²) in [5, 5.41) is 0.805. The molecule has 0 aromatic heterocycles. The molecule has 2 atom stereocenters. The maximum atomic E-state index is 2.47. The maximum absolute atomic E-state index is 2.47. The van der Waals surface area contributed by atoms with Gasteiger partial charge >= 0.3 is 0 Å². The third-order valence-electron chi connectivity index (χ3n) is 3.77. The van der Waals surface area contributed by atoms with Gasteiger partial charge in [-0.25, -0.2) is 0 Å². The Morgan fingerprint density at radius 2 is 1.62 bits per heavy atom. The minimum Gasteiger partial charge on any atom is -0.162 e. The van der Waals surface area contributed by atoms with Gasteiger partial charge in [0.2, 0.25) is 0 Å². The van der Waals surface area contributed by atoms with Crippen LogP contribution in [0.25, 0.3) is 0 Å². The van der Waals surface area contributed by atoms with E-state index >= 15 is 0 Å². The van der Waals surface area contributed by atoms with Crippen LogP contribution in [0.5, 0.6) is 0 Å². The Morgan fingerprint density at radius 3 is 2.00 bits per heavy atom. The molecule has 0 nitrogen and oxygen atoms in total. The quantitative estimate of drug-likeness (QED) is 0.534. The zero-order valence-corrected chi connectivity index (χ0v) is 13.3. The number of thioether (sulfide) groups is 1. The summed E-state index contributed by atoms with van der Waals surface area (Å²) in [6, 6.07) is 0. The molecule has 16 heavy (non-hydrogen) atoms. The van der Waals surface area contributed by atoms with Crippen LogP contribution >= 0.6 is 11.8 Å².